The molecule has 1 aromatic heterocycles. The lowest BCUT2D eigenvalue weighted by atomic mass is 10.1. The minimum absolute atomic E-state index is 0.0436. The van der Waals surface area contributed by atoms with Gasteiger partial charge in [0.05, 0.1) is 19.3 Å². The Balaban J connectivity index is 1.89. The van der Waals surface area contributed by atoms with Gasteiger partial charge in [-0.2, -0.15) is 9.29 Å². The number of esters is 2. The number of aliphatic hydroxyl groups is 3. The van der Waals surface area contributed by atoms with Gasteiger partial charge in [-0.1, -0.05) is 125 Å². The molecule has 1 fully saturated rings. The Morgan fingerprint density at radius 2 is 1.30 bits per heavy atom. The van der Waals surface area contributed by atoms with Crippen LogP contribution in [0.25, 0.3) is 0 Å². The van der Waals surface area contributed by atoms with Gasteiger partial charge in [0.1, 0.15) is 30.7 Å². The molecule has 2 heterocycles. The van der Waals surface area contributed by atoms with E-state index in [1.54, 1.807) is 12.2 Å². The van der Waals surface area contributed by atoms with Crippen molar-refractivity contribution >= 4 is 33.4 Å². The van der Waals surface area contributed by atoms with E-state index in [4.69, 9.17) is 29.0 Å². The fourth-order valence-corrected chi connectivity index (χ4v) is 8.77. The SMILES string of the molecule is CCCCC/C=C\C/C=C\C/C=C\C=C\[C@@H](O)CCCC(=O)OC[C@H](COP(=O)(O)OP(=O)(O)OC[C@H]1O[C@@H](n2ccc(N)nc2=O)[C@H](O)[C@@H]1O)OC(=O)CCCC/C=C\C/C=C\C/C=C\CCCCC. The van der Waals surface area contributed by atoms with Crippen LogP contribution in [-0.2, 0) is 46.3 Å². The largest absolute Gasteiger partial charge is 0.481 e. The van der Waals surface area contributed by atoms with Gasteiger partial charge < -0.3 is 45.1 Å². The predicted octanol–water partition coefficient (Wildman–Crippen LogP) is 8.86. The van der Waals surface area contributed by atoms with Crippen LogP contribution in [-0.4, -0.2) is 96.9 Å². The Morgan fingerprint density at radius 3 is 1.89 bits per heavy atom. The maximum absolute atomic E-state index is 12.8. The van der Waals surface area contributed by atoms with Crippen molar-refractivity contribution in [1.29, 1.82) is 0 Å². The van der Waals surface area contributed by atoms with E-state index in [9.17, 15) is 48.6 Å². The summed E-state index contributed by atoms with van der Waals surface area (Å²) < 4.78 is 56.5. The highest BCUT2D eigenvalue weighted by atomic mass is 31.3. The highest BCUT2D eigenvalue weighted by Crippen LogP contribution is 2.60. The number of phosphoric ester groups is 2. The highest BCUT2D eigenvalue weighted by Gasteiger charge is 2.46. The van der Waals surface area contributed by atoms with Gasteiger partial charge in [0.25, 0.3) is 0 Å². The van der Waals surface area contributed by atoms with Crippen LogP contribution in [0, 0.1) is 0 Å². The van der Waals surface area contributed by atoms with Crippen molar-refractivity contribution in [2.24, 2.45) is 0 Å². The number of aromatic nitrogens is 2. The molecule has 2 unspecified atom stereocenters. The van der Waals surface area contributed by atoms with Gasteiger partial charge in [-0.25, -0.2) is 13.9 Å². The summed E-state index contributed by atoms with van der Waals surface area (Å²) in [5.41, 5.74) is 4.56. The van der Waals surface area contributed by atoms with Crippen LogP contribution in [0.5, 0.6) is 0 Å². The van der Waals surface area contributed by atoms with E-state index in [0.29, 0.717) is 19.3 Å². The number of aliphatic hydroxyl groups excluding tert-OH is 3. The molecular weight excluding hydrogens is 961 g/mol. The summed E-state index contributed by atoms with van der Waals surface area (Å²) in [5, 5.41) is 31.2. The molecule has 0 radical (unpaired) electrons. The average Bonchev–Trinajstić information content (AvgIpc) is 3.60. The summed E-state index contributed by atoms with van der Waals surface area (Å²) in [6, 6.07) is 1.23. The number of carbonyl (C=O) groups excluding carboxylic acids is 2. The van der Waals surface area contributed by atoms with Crippen molar-refractivity contribution in [3.05, 3.63) is 108 Å². The van der Waals surface area contributed by atoms with E-state index in [0.717, 1.165) is 49.3 Å². The second-order valence-corrected chi connectivity index (χ2v) is 19.8. The summed E-state index contributed by atoms with van der Waals surface area (Å²) >= 11 is 0. The molecule has 0 amide bonds. The minimum Gasteiger partial charge on any atom is -0.462 e. The average molecular weight is 1040 g/mol. The van der Waals surface area contributed by atoms with Gasteiger partial charge in [-0.05, 0) is 89.5 Å². The second-order valence-electron chi connectivity index (χ2n) is 16.8. The van der Waals surface area contributed by atoms with Crippen molar-refractivity contribution in [3.8, 4) is 0 Å². The third kappa shape index (κ3) is 30.5. The van der Waals surface area contributed by atoms with E-state index < -0.39 is 89.8 Å². The number of nitrogens with zero attached hydrogens (tertiary/aromatic N) is 2. The van der Waals surface area contributed by atoms with Crippen LogP contribution in [0.3, 0.4) is 0 Å². The first-order valence-electron chi connectivity index (χ1n) is 24.7. The molecule has 7 N–H and O–H groups in total. The zero-order valence-electron chi connectivity index (χ0n) is 41.4. The lowest BCUT2D eigenvalue weighted by molar-refractivity contribution is -0.161. The number of allylic oxidation sites excluding steroid dienone is 13. The molecule has 21 heteroatoms. The van der Waals surface area contributed by atoms with Gasteiger partial charge >= 0.3 is 33.3 Å². The number of hydrogen-bond donors (Lipinski definition) is 6. The zero-order chi connectivity index (χ0) is 52.2. The molecule has 0 saturated carbocycles. The third-order valence-corrected chi connectivity index (χ3v) is 13.2. The Labute approximate surface area is 419 Å². The van der Waals surface area contributed by atoms with Gasteiger partial charge in [-0.3, -0.25) is 23.2 Å². The fraction of sp³-hybridized carbons (Fsp3) is 0.600. The first-order chi connectivity index (χ1) is 34.1. The van der Waals surface area contributed by atoms with Crippen molar-refractivity contribution in [2.45, 2.75) is 173 Å². The molecule has 2 rings (SSSR count). The third-order valence-electron chi connectivity index (χ3n) is 10.6. The number of ether oxygens (including phenoxy) is 3. The molecule has 71 heavy (non-hydrogen) atoms. The lowest BCUT2D eigenvalue weighted by Gasteiger charge is -2.21. The molecule has 8 atom stereocenters. The zero-order valence-corrected chi connectivity index (χ0v) is 43.1. The minimum atomic E-state index is -5.48. The fourth-order valence-electron chi connectivity index (χ4n) is 6.66. The van der Waals surface area contributed by atoms with E-state index in [1.165, 1.54) is 44.6 Å². The number of anilines is 1. The van der Waals surface area contributed by atoms with Crippen molar-refractivity contribution in [2.75, 3.05) is 25.6 Å². The predicted molar refractivity (Wildman–Crippen MR) is 271 cm³/mol. The number of phosphoric acid groups is 2. The van der Waals surface area contributed by atoms with Crippen LogP contribution in [0.1, 0.15) is 142 Å². The molecule has 400 valence electrons. The van der Waals surface area contributed by atoms with Gasteiger partial charge in [0.2, 0.25) is 0 Å². The number of carbonyl (C=O) groups is 2. The molecule has 0 aliphatic carbocycles. The normalized spacial score (nSPS) is 20.3. The van der Waals surface area contributed by atoms with Gasteiger partial charge in [-0.15, -0.1) is 0 Å². The molecular formula is C50H79N3O16P2. The maximum atomic E-state index is 12.8. The topological polar surface area (TPSA) is 286 Å². The first-order valence-corrected chi connectivity index (χ1v) is 27.7. The molecule has 0 aromatic carbocycles. The van der Waals surface area contributed by atoms with Crippen LogP contribution in [0.4, 0.5) is 5.82 Å². The number of hydrogen-bond acceptors (Lipinski definition) is 16. The number of nitrogen functional groups attached to an aromatic ring is 1. The highest BCUT2D eigenvalue weighted by molar-refractivity contribution is 7.61. The lowest BCUT2D eigenvalue weighted by Crippen LogP contribution is -2.36. The van der Waals surface area contributed by atoms with Crippen molar-refractivity contribution in [1.82, 2.24) is 9.55 Å². The first kappa shape index (κ1) is 63.0. The Morgan fingerprint density at radius 1 is 0.746 bits per heavy atom. The monoisotopic (exact) mass is 1040 g/mol. The van der Waals surface area contributed by atoms with Crippen LogP contribution in [0.2, 0.25) is 0 Å². The molecule has 1 saturated heterocycles. The molecule has 1 aromatic rings. The Kier molecular flexibility index (Phi) is 33.4. The van der Waals surface area contributed by atoms with E-state index in [1.807, 2.05) is 24.3 Å². The number of nitrogens with two attached hydrogens (primary N) is 1. The summed E-state index contributed by atoms with van der Waals surface area (Å²) in [7, 11) is -10.9. The second kappa shape index (κ2) is 37.6. The standard InChI is InChI=1S/C50H79N3O16P2/c1-3-5-7-9-11-13-15-17-18-20-22-24-26-28-30-34-46(56)67-42(38-64-45(55)35-31-33-41(54)32-29-27-25-23-21-19-16-14-12-10-8-6-4-2)39-65-70(60,61)69-71(62,63)66-40-43-47(57)48(58)49(68-43)53-37-36-44(51)52-50(53)59/h11-14,17-19,21-22,24-25,27,29,32,36-37,41-43,47-49,54,57-58H,3-10,15-16,20,23,26,28,30-31,33-35,38-40H2,1-2H3,(H,60,61)(H,62,63)(H2,51,52,59)/b13-11-,14-12-,18-17-,21-19-,24-22-,27-25-,32-29+/t41-,42-,43-,47-,48-,49-/m1/s1. The van der Waals surface area contributed by atoms with Gasteiger partial charge in [0.15, 0.2) is 12.3 Å². The van der Waals surface area contributed by atoms with Crippen LogP contribution in [0.15, 0.2) is 102 Å². The molecule has 19 nitrogen and oxygen atoms in total. The molecule has 0 bridgehead atoms. The Hall–Kier alpha value is -4.10. The molecule has 1 aliphatic heterocycles. The summed E-state index contributed by atoms with van der Waals surface area (Å²) in [6.45, 7) is 1.85. The van der Waals surface area contributed by atoms with Crippen LogP contribution >= 0.6 is 15.6 Å². The maximum Gasteiger partial charge on any atom is 0.481 e. The quantitative estimate of drug-likeness (QED) is 0.0118. The number of rotatable bonds is 39. The van der Waals surface area contributed by atoms with Crippen LogP contribution < -0.4 is 11.4 Å². The van der Waals surface area contributed by atoms with E-state index in [2.05, 4.69) is 71.8 Å². The van der Waals surface area contributed by atoms with Crippen molar-refractivity contribution in [3.63, 3.8) is 0 Å². The summed E-state index contributed by atoms with van der Waals surface area (Å²) in [4.78, 5) is 61.8. The smallest absolute Gasteiger partial charge is 0.462 e. The number of unbranched alkanes of at least 4 members (excludes halogenated alkanes) is 8. The molecule has 1 aliphatic rings. The van der Waals surface area contributed by atoms with E-state index >= 15 is 0 Å². The van der Waals surface area contributed by atoms with E-state index in [-0.39, 0.29) is 31.5 Å². The summed E-state index contributed by atoms with van der Waals surface area (Å²) in [6.07, 6.45) is 35.6. The van der Waals surface area contributed by atoms with Gasteiger partial charge in [0, 0.05) is 19.0 Å². The molecule has 0 spiro atoms. The Bertz CT molecular complexity index is 2040. The summed E-state index contributed by atoms with van der Waals surface area (Å²) in [5.74, 6) is -1.56. The van der Waals surface area contributed by atoms with Crippen molar-refractivity contribution < 1.29 is 71.4 Å².